The van der Waals surface area contributed by atoms with E-state index in [0.717, 1.165) is 27.9 Å². The van der Waals surface area contributed by atoms with E-state index in [-0.39, 0.29) is 16.4 Å². The summed E-state index contributed by atoms with van der Waals surface area (Å²) < 4.78 is 28.8. The van der Waals surface area contributed by atoms with Crippen LogP contribution in [0.25, 0.3) is 0 Å². The molecule has 0 radical (unpaired) electrons. The standard InChI is InChI=1S/C24H26N2O3S/c1-15-9-10-16(2)21(13-15)26-30(28,29)22-14-20(12-11-17(22)3)24(27)25-23-18(4)7-6-8-19(23)5/h6-14,26H,1-5H3,(H,25,27). The van der Waals surface area contributed by atoms with Crippen LogP contribution in [-0.4, -0.2) is 14.3 Å². The number of aryl methyl sites for hydroxylation is 5. The molecule has 0 spiro atoms. The Morgan fingerprint density at radius 3 is 2.07 bits per heavy atom. The number of benzene rings is 3. The lowest BCUT2D eigenvalue weighted by atomic mass is 10.1. The number of hydrogen-bond donors (Lipinski definition) is 2. The third-order valence-electron chi connectivity index (χ3n) is 5.10. The Balaban J connectivity index is 1.94. The van der Waals surface area contributed by atoms with Crippen molar-refractivity contribution in [2.45, 2.75) is 39.5 Å². The fraction of sp³-hybridized carbons (Fsp3) is 0.208. The zero-order valence-corrected chi connectivity index (χ0v) is 18.6. The predicted octanol–water partition coefficient (Wildman–Crippen LogP) is 5.28. The van der Waals surface area contributed by atoms with Crippen LogP contribution >= 0.6 is 0 Å². The van der Waals surface area contributed by atoms with Crippen LogP contribution in [0.15, 0.2) is 59.5 Å². The lowest BCUT2D eigenvalue weighted by Gasteiger charge is -2.15. The molecule has 0 unspecified atom stereocenters. The van der Waals surface area contributed by atoms with E-state index in [1.807, 2.05) is 58.0 Å². The second-order valence-electron chi connectivity index (χ2n) is 7.63. The number of sulfonamides is 1. The van der Waals surface area contributed by atoms with E-state index in [4.69, 9.17) is 0 Å². The Morgan fingerprint density at radius 1 is 0.767 bits per heavy atom. The number of carbonyl (C=O) groups excluding carboxylic acids is 1. The van der Waals surface area contributed by atoms with Crippen LogP contribution < -0.4 is 10.0 Å². The molecule has 0 aliphatic heterocycles. The van der Waals surface area contributed by atoms with Crippen LogP contribution in [0, 0.1) is 34.6 Å². The molecule has 0 atom stereocenters. The SMILES string of the molecule is Cc1ccc(C)c(NS(=O)(=O)c2cc(C(=O)Nc3c(C)cccc3C)ccc2C)c1. The smallest absolute Gasteiger partial charge is 0.262 e. The molecule has 5 nitrogen and oxygen atoms in total. The van der Waals surface area contributed by atoms with Crippen molar-refractivity contribution in [3.05, 3.63) is 88.0 Å². The van der Waals surface area contributed by atoms with Gasteiger partial charge in [0.1, 0.15) is 0 Å². The van der Waals surface area contributed by atoms with Gasteiger partial charge >= 0.3 is 0 Å². The lowest BCUT2D eigenvalue weighted by molar-refractivity contribution is 0.102. The fourth-order valence-electron chi connectivity index (χ4n) is 3.27. The summed E-state index contributed by atoms with van der Waals surface area (Å²) in [4.78, 5) is 12.9. The average molecular weight is 423 g/mol. The number of anilines is 2. The first-order valence-corrected chi connectivity index (χ1v) is 11.1. The van der Waals surface area contributed by atoms with Crippen molar-refractivity contribution >= 4 is 27.3 Å². The first-order chi connectivity index (χ1) is 14.1. The van der Waals surface area contributed by atoms with Crippen LogP contribution in [-0.2, 0) is 10.0 Å². The van der Waals surface area contributed by atoms with Crippen LogP contribution in [0.1, 0.15) is 38.2 Å². The lowest BCUT2D eigenvalue weighted by Crippen LogP contribution is -2.18. The molecule has 3 aromatic carbocycles. The molecule has 0 fully saturated rings. The van der Waals surface area contributed by atoms with E-state index >= 15 is 0 Å². The molecule has 0 aliphatic rings. The van der Waals surface area contributed by atoms with Gasteiger partial charge < -0.3 is 5.32 Å². The molecule has 0 saturated heterocycles. The van der Waals surface area contributed by atoms with Gasteiger partial charge in [-0.3, -0.25) is 9.52 Å². The van der Waals surface area contributed by atoms with Crippen molar-refractivity contribution in [1.29, 1.82) is 0 Å². The normalized spacial score (nSPS) is 11.2. The molecule has 30 heavy (non-hydrogen) atoms. The van der Waals surface area contributed by atoms with Gasteiger partial charge in [0.2, 0.25) is 0 Å². The van der Waals surface area contributed by atoms with E-state index in [1.165, 1.54) is 6.07 Å². The monoisotopic (exact) mass is 422 g/mol. The molecule has 0 heterocycles. The molecule has 0 aliphatic carbocycles. The van der Waals surface area contributed by atoms with Gasteiger partial charge in [-0.25, -0.2) is 8.42 Å². The number of rotatable bonds is 5. The number of hydrogen-bond acceptors (Lipinski definition) is 3. The number of amides is 1. The van der Waals surface area contributed by atoms with E-state index in [2.05, 4.69) is 10.0 Å². The summed E-state index contributed by atoms with van der Waals surface area (Å²) in [6.07, 6.45) is 0. The molecule has 3 aromatic rings. The second-order valence-corrected chi connectivity index (χ2v) is 9.28. The topological polar surface area (TPSA) is 75.3 Å². The van der Waals surface area contributed by atoms with Gasteiger partial charge in [-0.05, 0) is 80.6 Å². The largest absolute Gasteiger partial charge is 0.322 e. The summed E-state index contributed by atoms with van der Waals surface area (Å²) in [6, 6.07) is 16.1. The number of nitrogens with one attached hydrogen (secondary N) is 2. The third kappa shape index (κ3) is 4.54. The summed E-state index contributed by atoms with van der Waals surface area (Å²) in [7, 11) is -3.86. The van der Waals surface area contributed by atoms with E-state index in [9.17, 15) is 13.2 Å². The molecule has 0 aromatic heterocycles. The van der Waals surface area contributed by atoms with Crippen molar-refractivity contribution in [1.82, 2.24) is 0 Å². The molecule has 6 heteroatoms. The summed E-state index contributed by atoms with van der Waals surface area (Å²) in [6.45, 7) is 9.30. The average Bonchev–Trinajstić information content (AvgIpc) is 2.67. The molecule has 1 amide bonds. The maximum absolute atomic E-state index is 13.1. The molecule has 3 rings (SSSR count). The van der Waals surface area contributed by atoms with Gasteiger partial charge in [-0.15, -0.1) is 0 Å². The van der Waals surface area contributed by atoms with Gasteiger partial charge in [0.05, 0.1) is 10.6 Å². The van der Waals surface area contributed by atoms with Gasteiger partial charge in [0.25, 0.3) is 15.9 Å². The zero-order chi connectivity index (χ0) is 22.1. The van der Waals surface area contributed by atoms with Crippen molar-refractivity contribution < 1.29 is 13.2 Å². The highest BCUT2D eigenvalue weighted by Crippen LogP contribution is 2.25. The van der Waals surface area contributed by atoms with Crippen LogP contribution in [0.2, 0.25) is 0 Å². The Hall–Kier alpha value is -3.12. The minimum absolute atomic E-state index is 0.0811. The Bertz CT molecular complexity index is 1210. The van der Waals surface area contributed by atoms with Gasteiger partial charge in [-0.2, -0.15) is 0 Å². The van der Waals surface area contributed by atoms with Crippen molar-refractivity contribution in [2.75, 3.05) is 10.0 Å². The minimum atomic E-state index is -3.86. The number of para-hydroxylation sites is 1. The predicted molar refractivity (Wildman–Crippen MR) is 122 cm³/mol. The minimum Gasteiger partial charge on any atom is -0.322 e. The molecule has 0 saturated carbocycles. The Labute approximate surface area is 178 Å². The van der Waals surface area contributed by atoms with Crippen LogP contribution in [0.5, 0.6) is 0 Å². The Morgan fingerprint density at radius 2 is 1.40 bits per heavy atom. The van der Waals surface area contributed by atoms with Crippen molar-refractivity contribution in [2.24, 2.45) is 0 Å². The van der Waals surface area contributed by atoms with Gasteiger partial charge in [0, 0.05) is 11.3 Å². The van der Waals surface area contributed by atoms with E-state index in [1.54, 1.807) is 25.1 Å². The molecular formula is C24H26N2O3S. The Kier molecular flexibility index (Phi) is 5.99. The molecule has 0 bridgehead atoms. The maximum Gasteiger partial charge on any atom is 0.262 e. The summed E-state index contributed by atoms with van der Waals surface area (Å²) >= 11 is 0. The van der Waals surface area contributed by atoms with Crippen molar-refractivity contribution in [3.63, 3.8) is 0 Å². The molecule has 2 N–H and O–H groups in total. The third-order valence-corrected chi connectivity index (χ3v) is 6.60. The van der Waals surface area contributed by atoms with Gasteiger partial charge in [0.15, 0.2) is 0 Å². The van der Waals surface area contributed by atoms with Crippen molar-refractivity contribution in [3.8, 4) is 0 Å². The van der Waals surface area contributed by atoms with Gasteiger partial charge in [-0.1, -0.05) is 36.4 Å². The summed E-state index contributed by atoms with van der Waals surface area (Å²) in [5.41, 5.74) is 5.78. The first kappa shape index (κ1) is 21.6. The zero-order valence-electron chi connectivity index (χ0n) is 17.8. The van der Waals surface area contributed by atoms with Crippen LogP contribution in [0.3, 0.4) is 0 Å². The molecule has 156 valence electrons. The second kappa shape index (κ2) is 8.32. The van der Waals surface area contributed by atoms with E-state index < -0.39 is 10.0 Å². The fourth-order valence-corrected chi connectivity index (χ4v) is 4.67. The van der Waals surface area contributed by atoms with E-state index in [0.29, 0.717) is 11.3 Å². The quantitative estimate of drug-likeness (QED) is 0.587. The maximum atomic E-state index is 13.1. The highest BCUT2D eigenvalue weighted by molar-refractivity contribution is 7.92. The highest BCUT2D eigenvalue weighted by Gasteiger charge is 2.20. The summed E-state index contributed by atoms with van der Waals surface area (Å²) in [5, 5.41) is 2.91. The highest BCUT2D eigenvalue weighted by atomic mass is 32.2. The summed E-state index contributed by atoms with van der Waals surface area (Å²) in [5.74, 6) is -0.351. The number of carbonyl (C=O) groups is 1. The van der Waals surface area contributed by atoms with Crippen LogP contribution in [0.4, 0.5) is 11.4 Å². The first-order valence-electron chi connectivity index (χ1n) is 9.67. The molecular weight excluding hydrogens is 396 g/mol.